The Bertz CT molecular complexity index is 2330. The molecule has 0 spiro atoms. The summed E-state index contributed by atoms with van der Waals surface area (Å²) in [5, 5.41) is 3.14. The van der Waals surface area contributed by atoms with Gasteiger partial charge in [-0.05, 0) is 66.8 Å². The van der Waals surface area contributed by atoms with Gasteiger partial charge < -0.3 is 27.9 Å². The molecule has 8 nitrogen and oxygen atoms in total. The topological polar surface area (TPSA) is 72.6 Å². The van der Waals surface area contributed by atoms with E-state index in [9.17, 15) is 0 Å². The lowest BCUT2D eigenvalue weighted by molar-refractivity contribution is 0.00578. The van der Waals surface area contributed by atoms with Crippen LogP contribution in [0, 0.1) is 0 Å². The maximum Gasteiger partial charge on any atom is 0.497 e. The minimum absolute atomic E-state index is 0.437. The molecular weight excluding hydrogens is 866 g/mol. The van der Waals surface area contributed by atoms with Crippen LogP contribution in [0.1, 0.15) is 27.7 Å². The van der Waals surface area contributed by atoms with Crippen LogP contribution in [0.25, 0.3) is 44.3 Å². The van der Waals surface area contributed by atoms with E-state index in [-0.39, 0.29) is 0 Å². The molecular formula is C44H56BBrCl2N4O4Si2. The van der Waals surface area contributed by atoms with E-state index < -0.39 is 34.5 Å². The molecule has 1 saturated heterocycles. The van der Waals surface area contributed by atoms with Crippen molar-refractivity contribution < 1.29 is 18.8 Å². The number of ether oxygens (including phenoxy) is 2. The summed E-state index contributed by atoms with van der Waals surface area (Å²) in [7, 11) is -2.81. The van der Waals surface area contributed by atoms with Crippen molar-refractivity contribution in [3.8, 4) is 22.3 Å². The van der Waals surface area contributed by atoms with E-state index in [0.29, 0.717) is 23.5 Å². The van der Waals surface area contributed by atoms with Crippen LogP contribution < -0.4 is 5.46 Å². The van der Waals surface area contributed by atoms with Gasteiger partial charge in [0.15, 0.2) is 0 Å². The lowest BCUT2D eigenvalue weighted by atomic mass is 9.79. The molecule has 0 bridgehead atoms. The number of benzene rings is 2. The largest absolute Gasteiger partial charge is 0.497 e. The fourth-order valence-electron chi connectivity index (χ4n) is 6.51. The van der Waals surface area contributed by atoms with E-state index in [0.717, 1.165) is 79.6 Å². The van der Waals surface area contributed by atoms with E-state index in [1.807, 2.05) is 73.2 Å². The van der Waals surface area contributed by atoms with Gasteiger partial charge in [0.2, 0.25) is 0 Å². The molecule has 0 radical (unpaired) electrons. The number of fused-ring (bicyclic) bond motifs is 2. The molecule has 0 aliphatic carbocycles. The molecule has 0 unspecified atom stereocenters. The third-order valence-corrected chi connectivity index (χ3v) is 15.8. The number of rotatable bonds is 13. The van der Waals surface area contributed by atoms with E-state index in [2.05, 4.69) is 96.9 Å². The van der Waals surface area contributed by atoms with Crippen molar-refractivity contribution in [2.24, 2.45) is 0 Å². The van der Waals surface area contributed by atoms with Gasteiger partial charge in [-0.2, -0.15) is 0 Å². The molecule has 7 rings (SSSR count). The molecule has 14 heteroatoms. The zero-order valence-electron chi connectivity index (χ0n) is 35.5. The summed E-state index contributed by atoms with van der Waals surface area (Å²) >= 11 is 17.1. The van der Waals surface area contributed by atoms with Gasteiger partial charge in [-0.1, -0.05) is 123 Å². The van der Waals surface area contributed by atoms with Crippen molar-refractivity contribution in [2.45, 2.75) is 104 Å². The normalized spacial score (nSPS) is 15.3. The first kappa shape index (κ1) is 44.8. The number of hydrogen-bond acceptors (Lipinski definition) is 6. The second-order valence-corrected chi connectivity index (χ2v) is 31.2. The lowest BCUT2D eigenvalue weighted by Gasteiger charge is -2.32. The first-order valence-electron chi connectivity index (χ1n) is 19.9. The van der Waals surface area contributed by atoms with Crippen molar-refractivity contribution in [1.29, 1.82) is 0 Å². The van der Waals surface area contributed by atoms with E-state index in [1.54, 1.807) is 12.4 Å². The molecule has 1 aliphatic heterocycles. The summed E-state index contributed by atoms with van der Waals surface area (Å²) < 4.78 is 29.4. The summed E-state index contributed by atoms with van der Waals surface area (Å²) in [5.41, 5.74) is 5.79. The Morgan fingerprint density at radius 3 is 1.50 bits per heavy atom. The Kier molecular flexibility index (Phi) is 13.9. The van der Waals surface area contributed by atoms with Gasteiger partial charge in [-0.3, -0.25) is 0 Å². The summed E-state index contributed by atoms with van der Waals surface area (Å²) in [6, 6.07) is 22.8. The average Bonchev–Trinajstić information content (AvgIpc) is 3.79. The van der Waals surface area contributed by atoms with Crippen LogP contribution >= 0.6 is 39.1 Å². The second kappa shape index (κ2) is 18.1. The van der Waals surface area contributed by atoms with Gasteiger partial charge in [0, 0.05) is 81.5 Å². The van der Waals surface area contributed by atoms with E-state index in [1.165, 1.54) is 0 Å². The monoisotopic (exact) mass is 920 g/mol. The quantitative estimate of drug-likeness (QED) is 0.0849. The Morgan fingerprint density at radius 1 is 0.655 bits per heavy atom. The van der Waals surface area contributed by atoms with E-state index in [4.69, 9.17) is 47.0 Å². The molecule has 2 aromatic carbocycles. The first-order valence-corrected chi connectivity index (χ1v) is 28.8. The molecule has 0 atom stereocenters. The Labute approximate surface area is 364 Å². The summed E-state index contributed by atoms with van der Waals surface area (Å²) in [6.07, 6.45) is 7.69. The zero-order valence-corrected chi connectivity index (χ0v) is 40.6. The van der Waals surface area contributed by atoms with Gasteiger partial charge in [0.05, 0.1) is 25.7 Å². The first-order chi connectivity index (χ1) is 27.3. The molecule has 0 saturated carbocycles. The Hall–Kier alpha value is -2.78. The highest BCUT2D eigenvalue weighted by Gasteiger charge is 2.52. The van der Waals surface area contributed by atoms with Gasteiger partial charge >= 0.3 is 7.12 Å². The lowest BCUT2D eigenvalue weighted by Crippen LogP contribution is -2.41. The summed E-state index contributed by atoms with van der Waals surface area (Å²) in [5.74, 6) is 0. The van der Waals surface area contributed by atoms with E-state index >= 15 is 0 Å². The van der Waals surface area contributed by atoms with Gasteiger partial charge in [0.25, 0.3) is 0 Å². The van der Waals surface area contributed by atoms with Crippen molar-refractivity contribution in [3.63, 3.8) is 0 Å². The molecule has 5 heterocycles. The third kappa shape index (κ3) is 10.4. The van der Waals surface area contributed by atoms with Crippen LogP contribution in [-0.4, -0.2) is 66.8 Å². The molecule has 4 aromatic heterocycles. The van der Waals surface area contributed by atoms with Crippen molar-refractivity contribution in [1.82, 2.24) is 19.1 Å². The molecule has 0 amide bonds. The highest BCUT2D eigenvalue weighted by molar-refractivity contribution is 9.10. The number of nitrogens with zero attached hydrogens (tertiary/aromatic N) is 4. The van der Waals surface area contributed by atoms with Gasteiger partial charge in [-0.15, -0.1) is 0 Å². The Balaban J connectivity index is 0.000000203. The SMILES string of the molecule is CC1(C)OB(c2cnc3c(c(-c4ccccc4)cn3COCC[Si](C)(C)C)c2Cl)OC1(C)C.C[Si](C)(C)CCOCn1cc(-c2ccccc2)c2c(Cl)c(Br)cnc21. The predicted molar refractivity (Wildman–Crippen MR) is 252 cm³/mol. The van der Waals surface area contributed by atoms with Crippen LogP contribution in [0.15, 0.2) is 89.9 Å². The van der Waals surface area contributed by atoms with Crippen LogP contribution in [0.4, 0.5) is 0 Å². The number of hydrogen-bond donors (Lipinski definition) is 0. The van der Waals surface area contributed by atoms with Crippen molar-refractivity contribution >= 4 is 89.9 Å². The maximum absolute atomic E-state index is 7.05. The van der Waals surface area contributed by atoms with Crippen LogP contribution in [0.2, 0.25) is 61.4 Å². The molecule has 6 aromatic rings. The third-order valence-electron chi connectivity index (χ3n) is 10.8. The smallest absolute Gasteiger partial charge is 0.399 e. The molecule has 308 valence electrons. The fourth-order valence-corrected chi connectivity index (χ4v) is 8.89. The molecule has 0 N–H and O–H groups in total. The Morgan fingerprint density at radius 2 is 1.07 bits per heavy atom. The molecule has 1 aliphatic rings. The highest BCUT2D eigenvalue weighted by atomic mass is 79.9. The van der Waals surface area contributed by atoms with Crippen LogP contribution in [0.5, 0.6) is 0 Å². The van der Waals surface area contributed by atoms with Crippen LogP contribution in [-0.2, 0) is 32.2 Å². The second-order valence-electron chi connectivity index (χ2n) is 18.4. The highest BCUT2D eigenvalue weighted by Crippen LogP contribution is 2.40. The number of halogens is 3. The van der Waals surface area contributed by atoms with Crippen molar-refractivity contribution in [2.75, 3.05) is 13.2 Å². The fraction of sp³-hybridized carbons (Fsp3) is 0.409. The van der Waals surface area contributed by atoms with Gasteiger partial charge in [-0.25, -0.2) is 9.97 Å². The number of aromatic nitrogens is 4. The predicted octanol–water partition coefficient (Wildman–Crippen LogP) is 12.4. The molecule has 1 fully saturated rings. The average molecular weight is 923 g/mol. The zero-order chi connectivity index (χ0) is 42.0. The van der Waals surface area contributed by atoms with Crippen molar-refractivity contribution in [3.05, 3.63) is 100.0 Å². The number of pyridine rings is 2. The molecule has 58 heavy (non-hydrogen) atoms. The van der Waals surface area contributed by atoms with Gasteiger partial charge in [0.1, 0.15) is 24.8 Å². The van der Waals surface area contributed by atoms with Crippen LogP contribution in [0.3, 0.4) is 0 Å². The minimum Gasteiger partial charge on any atom is -0.399 e. The standard InChI is InChI=1S/C25H34BClN2O3Si.C19H22BrClN2OSi/c1-24(2)25(3,4)32-26(31-24)20-15-28-23-21(22(20)27)19(18-11-9-8-10-12-18)16-29(23)17-30-13-14-33(5,6)7;1-25(2,3)10-9-24-13-23-12-15(14-7-5-4-6-8-14)17-18(21)16(20)11-22-19(17)23/h8-12,15-16H,13-14,17H2,1-7H3;4-8,11-12H,9-10,13H2,1-3H3. The minimum atomic E-state index is -1.15. The summed E-state index contributed by atoms with van der Waals surface area (Å²) in [4.78, 5) is 9.38. The maximum atomic E-state index is 7.05. The summed E-state index contributed by atoms with van der Waals surface area (Å²) in [6.45, 7) is 24.7.